The standard InChI is InChI=1S/C22H29N7O3/c1-27(2)10-4-9-23-22(32)24-16-5-3-6-17-20(16)21-25-19(31)13-18(29(21)26-17)15-7-11-28(14-30)12-8-15/h3,5-6,13-15H,4,7-12H2,1-2H3,(H,25,31)(H2,23,24,32). The van der Waals surface area contributed by atoms with Crippen LogP contribution in [0.2, 0.25) is 0 Å². The van der Waals surface area contributed by atoms with E-state index < -0.39 is 0 Å². The number of benzene rings is 1. The van der Waals surface area contributed by atoms with Crippen LogP contribution in [0, 0.1) is 0 Å². The van der Waals surface area contributed by atoms with Gasteiger partial charge in [0.2, 0.25) is 6.41 Å². The number of piperidine rings is 1. The number of hydrogen-bond acceptors (Lipinski definition) is 5. The van der Waals surface area contributed by atoms with Gasteiger partial charge in [-0.1, -0.05) is 6.07 Å². The Balaban J connectivity index is 1.63. The molecule has 1 aliphatic heterocycles. The fourth-order valence-corrected chi connectivity index (χ4v) is 4.25. The van der Waals surface area contributed by atoms with Crippen LogP contribution >= 0.6 is 0 Å². The predicted molar refractivity (Wildman–Crippen MR) is 123 cm³/mol. The number of likely N-dealkylation sites (tertiary alicyclic amines) is 1. The molecule has 0 unspecified atom stereocenters. The van der Waals surface area contributed by atoms with Gasteiger partial charge >= 0.3 is 6.03 Å². The Hall–Kier alpha value is -3.40. The molecule has 3 amide bonds. The Kier molecular flexibility index (Phi) is 6.40. The van der Waals surface area contributed by atoms with E-state index in [0.717, 1.165) is 37.9 Å². The molecule has 0 atom stereocenters. The normalized spacial score (nSPS) is 14.9. The van der Waals surface area contributed by atoms with Gasteiger partial charge in [0.15, 0.2) is 0 Å². The van der Waals surface area contributed by atoms with E-state index >= 15 is 0 Å². The lowest BCUT2D eigenvalue weighted by atomic mass is 9.93. The fraction of sp³-hybridized carbons (Fsp3) is 0.455. The highest BCUT2D eigenvalue weighted by Gasteiger charge is 2.24. The second kappa shape index (κ2) is 9.39. The molecule has 3 heterocycles. The molecule has 1 aliphatic rings. The van der Waals surface area contributed by atoms with Crippen molar-refractivity contribution in [3.8, 4) is 0 Å². The molecular formula is C22H29N7O3. The van der Waals surface area contributed by atoms with Gasteiger partial charge in [0.25, 0.3) is 5.56 Å². The summed E-state index contributed by atoms with van der Waals surface area (Å²) in [5, 5.41) is 11.2. The van der Waals surface area contributed by atoms with Gasteiger partial charge in [-0.15, -0.1) is 0 Å². The molecule has 32 heavy (non-hydrogen) atoms. The average Bonchev–Trinajstić information content (AvgIpc) is 3.15. The number of amides is 3. The maximum Gasteiger partial charge on any atom is 0.319 e. The van der Waals surface area contributed by atoms with Gasteiger partial charge in [0.1, 0.15) is 5.65 Å². The largest absolute Gasteiger partial charge is 0.345 e. The molecule has 0 spiro atoms. The molecule has 0 bridgehead atoms. The van der Waals surface area contributed by atoms with Crippen LogP contribution in [0.1, 0.15) is 30.9 Å². The van der Waals surface area contributed by atoms with Crippen LogP contribution in [0.25, 0.3) is 16.6 Å². The Bertz CT molecular complexity index is 1180. The first kappa shape index (κ1) is 21.8. The average molecular weight is 440 g/mol. The molecule has 10 heteroatoms. The number of rotatable bonds is 7. The van der Waals surface area contributed by atoms with Gasteiger partial charge in [0, 0.05) is 31.6 Å². The summed E-state index contributed by atoms with van der Waals surface area (Å²) in [6, 6.07) is 6.79. The molecule has 170 valence electrons. The third kappa shape index (κ3) is 4.59. The second-order valence-electron chi connectivity index (χ2n) is 8.47. The van der Waals surface area contributed by atoms with Crippen molar-refractivity contribution in [2.75, 3.05) is 45.6 Å². The van der Waals surface area contributed by atoms with Crippen molar-refractivity contribution in [1.29, 1.82) is 0 Å². The summed E-state index contributed by atoms with van der Waals surface area (Å²) in [5.41, 5.74) is 2.44. The van der Waals surface area contributed by atoms with Gasteiger partial charge < -0.3 is 25.4 Å². The van der Waals surface area contributed by atoms with Crippen molar-refractivity contribution in [2.45, 2.75) is 25.2 Å². The van der Waals surface area contributed by atoms with Crippen LogP contribution in [-0.4, -0.2) is 77.1 Å². The summed E-state index contributed by atoms with van der Waals surface area (Å²) in [7, 11) is 3.99. The molecular weight excluding hydrogens is 410 g/mol. The number of hydrogen-bond donors (Lipinski definition) is 3. The van der Waals surface area contributed by atoms with Crippen molar-refractivity contribution in [1.82, 2.24) is 29.7 Å². The highest BCUT2D eigenvalue weighted by atomic mass is 16.2. The number of carbonyl (C=O) groups excluding carboxylic acids is 2. The lowest BCUT2D eigenvalue weighted by Gasteiger charge is -2.29. The van der Waals surface area contributed by atoms with Crippen molar-refractivity contribution in [3.63, 3.8) is 0 Å². The molecule has 1 aromatic carbocycles. The van der Waals surface area contributed by atoms with E-state index in [1.807, 2.05) is 26.2 Å². The summed E-state index contributed by atoms with van der Waals surface area (Å²) >= 11 is 0. The van der Waals surface area contributed by atoms with Gasteiger partial charge in [0.05, 0.1) is 22.3 Å². The lowest BCUT2D eigenvalue weighted by Crippen LogP contribution is -2.32. The topological polar surface area (TPSA) is 115 Å². The number of nitrogens with zero attached hydrogens (tertiary/aromatic N) is 4. The lowest BCUT2D eigenvalue weighted by molar-refractivity contribution is -0.119. The highest BCUT2D eigenvalue weighted by molar-refractivity contribution is 6.07. The van der Waals surface area contributed by atoms with Gasteiger partial charge in [-0.25, -0.2) is 9.31 Å². The van der Waals surface area contributed by atoms with Crippen LogP contribution in [0.3, 0.4) is 0 Å². The van der Waals surface area contributed by atoms with E-state index in [4.69, 9.17) is 5.10 Å². The number of fused-ring (bicyclic) bond motifs is 3. The Morgan fingerprint density at radius 1 is 1.31 bits per heavy atom. The molecule has 4 rings (SSSR count). The summed E-state index contributed by atoms with van der Waals surface area (Å²) in [6.45, 7) is 2.77. The molecule has 10 nitrogen and oxygen atoms in total. The van der Waals surface area contributed by atoms with Crippen LogP contribution in [0.4, 0.5) is 10.5 Å². The van der Waals surface area contributed by atoms with Crippen molar-refractivity contribution >= 4 is 34.7 Å². The van der Waals surface area contributed by atoms with Crippen molar-refractivity contribution in [2.24, 2.45) is 0 Å². The van der Waals surface area contributed by atoms with Crippen LogP contribution < -0.4 is 16.2 Å². The SMILES string of the molecule is CN(C)CCCNC(=O)Nc1cccc2nn3c(C4CCN(C=O)CC4)cc(=O)[nH]c3c12. The monoisotopic (exact) mass is 439 g/mol. The zero-order valence-electron chi connectivity index (χ0n) is 18.4. The first-order valence-electron chi connectivity index (χ1n) is 10.9. The first-order chi connectivity index (χ1) is 15.5. The first-order valence-corrected chi connectivity index (χ1v) is 10.9. The fourth-order valence-electron chi connectivity index (χ4n) is 4.25. The Morgan fingerprint density at radius 3 is 2.81 bits per heavy atom. The Labute approximate surface area is 185 Å². The summed E-state index contributed by atoms with van der Waals surface area (Å²) in [4.78, 5) is 42.7. The molecule has 3 aromatic rings. The quantitative estimate of drug-likeness (QED) is 0.382. The number of H-pyrrole nitrogens is 1. The maximum atomic E-state index is 12.5. The van der Waals surface area contributed by atoms with Gasteiger partial charge in [-0.05, 0) is 52.0 Å². The van der Waals surface area contributed by atoms with Crippen LogP contribution in [0.5, 0.6) is 0 Å². The van der Waals surface area contributed by atoms with Gasteiger partial charge in [-0.3, -0.25) is 9.59 Å². The summed E-state index contributed by atoms with van der Waals surface area (Å²) in [5.74, 6) is 0.127. The molecule has 1 saturated heterocycles. The predicted octanol–water partition coefficient (Wildman–Crippen LogP) is 1.58. The van der Waals surface area contributed by atoms with E-state index in [-0.39, 0.29) is 17.5 Å². The van der Waals surface area contributed by atoms with E-state index in [1.54, 1.807) is 21.5 Å². The molecule has 0 aliphatic carbocycles. The number of anilines is 1. The molecule has 3 N–H and O–H groups in total. The minimum absolute atomic E-state index is 0.127. The number of nitrogens with one attached hydrogen (secondary N) is 3. The zero-order chi connectivity index (χ0) is 22.7. The Morgan fingerprint density at radius 2 is 2.09 bits per heavy atom. The molecule has 0 radical (unpaired) electrons. The van der Waals surface area contributed by atoms with E-state index in [2.05, 4.69) is 20.5 Å². The number of aromatic nitrogens is 3. The van der Waals surface area contributed by atoms with E-state index in [0.29, 0.717) is 41.9 Å². The van der Waals surface area contributed by atoms with Crippen molar-refractivity contribution < 1.29 is 9.59 Å². The second-order valence-corrected chi connectivity index (χ2v) is 8.47. The highest BCUT2D eigenvalue weighted by Crippen LogP contribution is 2.31. The molecule has 0 saturated carbocycles. The zero-order valence-corrected chi connectivity index (χ0v) is 18.4. The summed E-state index contributed by atoms with van der Waals surface area (Å²) in [6.07, 6.45) is 3.26. The van der Waals surface area contributed by atoms with Crippen molar-refractivity contribution in [3.05, 3.63) is 40.3 Å². The third-order valence-electron chi connectivity index (χ3n) is 5.88. The van der Waals surface area contributed by atoms with Crippen LogP contribution in [-0.2, 0) is 4.79 Å². The molecule has 2 aromatic heterocycles. The summed E-state index contributed by atoms with van der Waals surface area (Å²) < 4.78 is 1.77. The van der Waals surface area contributed by atoms with E-state index in [1.165, 1.54) is 0 Å². The minimum Gasteiger partial charge on any atom is -0.345 e. The smallest absolute Gasteiger partial charge is 0.319 e. The minimum atomic E-state index is -0.296. The third-order valence-corrected chi connectivity index (χ3v) is 5.88. The number of urea groups is 1. The number of aromatic amines is 1. The van der Waals surface area contributed by atoms with Crippen LogP contribution in [0.15, 0.2) is 29.1 Å². The number of carbonyl (C=O) groups is 2. The van der Waals surface area contributed by atoms with Gasteiger partial charge in [-0.2, -0.15) is 5.10 Å². The molecule has 1 fully saturated rings. The maximum absolute atomic E-state index is 12.5. The van der Waals surface area contributed by atoms with E-state index in [9.17, 15) is 14.4 Å².